The fourth-order valence-corrected chi connectivity index (χ4v) is 3.27. The Balaban J connectivity index is 0.000000330. The molecule has 0 unspecified atom stereocenters. The molecular formula is C27H34Cl2O2Ti-2. The number of halogens is 2. The summed E-state index contributed by atoms with van der Waals surface area (Å²) in [5.41, 5.74) is 9.96. The molecule has 0 bridgehead atoms. The van der Waals surface area contributed by atoms with Crippen LogP contribution in [0.25, 0.3) is 0 Å². The van der Waals surface area contributed by atoms with Crippen LogP contribution in [0.5, 0.6) is 0 Å². The third-order valence-electron chi connectivity index (χ3n) is 5.54. The van der Waals surface area contributed by atoms with Crippen molar-refractivity contribution in [1.29, 1.82) is 0 Å². The normalized spacial score (nSPS) is 10.4. The van der Waals surface area contributed by atoms with Crippen LogP contribution in [0, 0.1) is 34.6 Å². The topological polar surface area (TPSA) is 26.3 Å². The summed E-state index contributed by atoms with van der Waals surface area (Å²) >= 11 is -0.556. The predicted octanol–water partition coefficient (Wildman–Crippen LogP) is 8.28. The predicted molar refractivity (Wildman–Crippen MR) is 134 cm³/mol. The van der Waals surface area contributed by atoms with Crippen LogP contribution in [0.3, 0.4) is 0 Å². The van der Waals surface area contributed by atoms with E-state index in [1.54, 1.807) is 0 Å². The maximum atomic E-state index is 11.9. The maximum absolute atomic E-state index is 11.9. The number of carbonyl (C=O) groups excluding carboxylic acids is 1. The Labute approximate surface area is 210 Å². The molecule has 0 radical (unpaired) electrons. The van der Waals surface area contributed by atoms with Crippen LogP contribution in [0.1, 0.15) is 70.1 Å². The van der Waals surface area contributed by atoms with Gasteiger partial charge in [0.05, 0.1) is 5.56 Å². The zero-order valence-electron chi connectivity index (χ0n) is 20.4. The number of carbonyl (C=O) groups is 1. The molecule has 3 aromatic carbocycles. The second kappa shape index (κ2) is 13.4. The molecule has 0 fully saturated rings. The average molecular weight is 509 g/mol. The molecule has 174 valence electrons. The minimum atomic E-state index is -0.556. The Morgan fingerprint density at radius 3 is 1.72 bits per heavy atom. The molecule has 0 aliphatic carbocycles. The number of hydrogen-bond donors (Lipinski definition) is 0. The summed E-state index contributed by atoms with van der Waals surface area (Å²) in [6, 6.07) is 15.9. The number of ether oxygens (including phenoxy) is 1. The van der Waals surface area contributed by atoms with Crippen molar-refractivity contribution in [3.63, 3.8) is 0 Å². The van der Waals surface area contributed by atoms with E-state index in [0.717, 1.165) is 6.42 Å². The van der Waals surface area contributed by atoms with Gasteiger partial charge >= 0.3 is 41.6 Å². The van der Waals surface area contributed by atoms with E-state index in [0.29, 0.717) is 5.56 Å². The van der Waals surface area contributed by atoms with Gasteiger partial charge in [0.1, 0.15) is 5.60 Å². The molecule has 0 amide bonds. The van der Waals surface area contributed by atoms with Crippen molar-refractivity contribution in [3.05, 3.63) is 93.0 Å². The van der Waals surface area contributed by atoms with Gasteiger partial charge < -0.3 is 4.74 Å². The first-order valence-corrected chi connectivity index (χ1v) is 14.9. The van der Waals surface area contributed by atoms with E-state index in [2.05, 4.69) is 46.8 Å². The monoisotopic (exact) mass is 508 g/mol. The first-order chi connectivity index (χ1) is 14.9. The quantitative estimate of drug-likeness (QED) is 0.202. The molecule has 0 heterocycles. The molecule has 0 spiro atoms. The van der Waals surface area contributed by atoms with Crippen molar-refractivity contribution in [2.75, 3.05) is 0 Å². The van der Waals surface area contributed by atoms with Crippen molar-refractivity contribution in [2.24, 2.45) is 0 Å². The van der Waals surface area contributed by atoms with E-state index >= 15 is 0 Å². The van der Waals surface area contributed by atoms with Gasteiger partial charge in [-0.25, -0.2) is 16.9 Å². The van der Waals surface area contributed by atoms with E-state index in [-0.39, 0.29) is 5.97 Å². The van der Waals surface area contributed by atoms with Crippen LogP contribution in [-0.2, 0) is 28.2 Å². The Kier molecular flexibility index (Phi) is 12.0. The molecule has 0 atom stereocenters. The molecule has 0 aliphatic rings. The third-order valence-corrected chi connectivity index (χ3v) is 5.54. The van der Waals surface area contributed by atoms with Crippen LogP contribution in [0.2, 0.25) is 0 Å². The Hall–Kier alpha value is -1.32. The van der Waals surface area contributed by atoms with Gasteiger partial charge in [-0.1, -0.05) is 52.3 Å². The molecule has 32 heavy (non-hydrogen) atoms. The molecule has 3 aromatic rings. The summed E-state index contributed by atoms with van der Waals surface area (Å²) in [5.74, 6) is -0.271. The van der Waals surface area contributed by atoms with Crippen LogP contribution in [0.15, 0.2) is 48.5 Å². The molecule has 0 saturated carbocycles. The SMILES string of the molecule is CC(C)(C)OC(=O)c1ccc(C[c-]2cccc2)cc1.Cc1c(C)c(C)[c-](C)c1C.[Cl][Ti][Cl]. The third kappa shape index (κ3) is 9.28. The summed E-state index contributed by atoms with van der Waals surface area (Å²) in [6.45, 7) is 16.6. The van der Waals surface area contributed by atoms with Crippen molar-refractivity contribution < 1.29 is 26.6 Å². The Morgan fingerprint density at radius 2 is 1.38 bits per heavy atom. The van der Waals surface area contributed by atoms with E-state index in [4.69, 9.17) is 23.3 Å². The number of hydrogen-bond acceptors (Lipinski definition) is 2. The van der Waals surface area contributed by atoms with E-state index < -0.39 is 22.6 Å². The van der Waals surface area contributed by atoms with Crippen molar-refractivity contribution in [3.8, 4) is 0 Å². The fourth-order valence-electron chi connectivity index (χ4n) is 3.27. The molecule has 0 N–H and O–H groups in total. The van der Waals surface area contributed by atoms with Gasteiger partial charge in [-0.3, -0.25) is 0 Å². The molecule has 2 nitrogen and oxygen atoms in total. The van der Waals surface area contributed by atoms with Gasteiger partial charge in [-0.15, -0.1) is 0 Å². The zero-order valence-corrected chi connectivity index (χ0v) is 23.5. The second-order valence-corrected chi connectivity index (χ2v) is 11.4. The first-order valence-electron chi connectivity index (χ1n) is 10.6. The molecule has 0 aliphatic heterocycles. The minimum absolute atomic E-state index is 0.271. The van der Waals surface area contributed by atoms with Gasteiger partial charge in [0.2, 0.25) is 0 Å². The van der Waals surface area contributed by atoms with Crippen LogP contribution in [0.4, 0.5) is 0 Å². The summed E-state index contributed by atoms with van der Waals surface area (Å²) in [6.07, 6.45) is 0.890. The van der Waals surface area contributed by atoms with Gasteiger partial charge in [0.25, 0.3) is 0 Å². The summed E-state index contributed by atoms with van der Waals surface area (Å²) in [7, 11) is 9.78. The molecular weight excluding hydrogens is 475 g/mol. The Bertz CT molecular complexity index is 882. The van der Waals surface area contributed by atoms with E-state index in [9.17, 15) is 4.79 Å². The number of rotatable bonds is 3. The summed E-state index contributed by atoms with van der Waals surface area (Å²) in [5, 5.41) is 0. The second-order valence-electron chi connectivity index (χ2n) is 8.87. The number of benzene rings is 1. The molecule has 5 heteroatoms. The van der Waals surface area contributed by atoms with Crippen LogP contribution >= 0.6 is 18.6 Å². The molecule has 0 saturated heterocycles. The van der Waals surface area contributed by atoms with Crippen LogP contribution < -0.4 is 0 Å². The van der Waals surface area contributed by atoms with Gasteiger partial charge in [0, 0.05) is 0 Å². The standard InChI is InChI=1S/C17H19O2.C10H15.2ClH.Ti/c1-17(2,3)19-16(18)15-10-8-14(9-11-15)12-13-6-4-5-7-13;1-6-7(2)9(4)10(5)8(6)3;;;/h4-11H,12H2,1-3H3;1-5H3;2*1H;/q2*-1;;;+2/p-2. The van der Waals surface area contributed by atoms with Gasteiger partial charge in [-0.2, -0.15) is 45.5 Å². The van der Waals surface area contributed by atoms with E-state index in [1.807, 2.05) is 57.2 Å². The van der Waals surface area contributed by atoms with Crippen molar-refractivity contribution >= 4 is 24.6 Å². The van der Waals surface area contributed by atoms with Gasteiger partial charge in [-0.05, 0) is 39.3 Å². The first kappa shape index (κ1) is 28.7. The number of esters is 1. The van der Waals surface area contributed by atoms with Crippen molar-refractivity contribution in [1.82, 2.24) is 0 Å². The molecule has 3 rings (SSSR count). The van der Waals surface area contributed by atoms with Gasteiger partial charge in [0.15, 0.2) is 0 Å². The molecule has 0 aromatic heterocycles. The van der Waals surface area contributed by atoms with E-state index in [1.165, 1.54) is 38.9 Å². The summed E-state index contributed by atoms with van der Waals surface area (Å²) in [4.78, 5) is 11.9. The average Bonchev–Trinajstić information content (AvgIpc) is 3.29. The van der Waals surface area contributed by atoms with Crippen LogP contribution in [-0.4, -0.2) is 11.6 Å². The summed E-state index contributed by atoms with van der Waals surface area (Å²) < 4.78 is 5.33. The fraction of sp³-hybridized carbons (Fsp3) is 0.370. The Morgan fingerprint density at radius 1 is 0.938 bits per heavy atom. The zero-order chi connectivity index (χ0) is 24.5. The van der Waals surface area contributed by atoms with Crippen molar-refractivity contribution in [2.45, 2.75) is 67.4 Å².